The lowest BCUT2D eigenvalue weighted by molar-refractivity contribution is 0.201. The van der Waals surface area contributed by atoms with Crippen molar-refractivity contribution >= 4 is 16.7 Å². The van der Waals surface area contributed by atoms with E-state index in [9.17, 15) is 0 Å². The van der Waals surface area contributed by atoms with Crippen molar-refractivity contribution in [2.24, 2.45) is 0 Å². The summed E-state index contributed by atoms with van der Waals surface area (Å²) < 4.78 is 12.0. The number of ether oxygens (including phenoxy) is 1. The molecule has 7 nitrogen and oxygen atoms in total. The molecule has 4 heterocycles. The normalized spacial score (nSPS) is 21.2. The Bertz CT molecular complexity index is 699. The number of aromatic nitrogens is 5. The van der Waals surface area contributed by atoms with E-state index in [1.165, 1.54) is 55.3 Å². The molecule has 0 spiro atoms. The maximum Gasteiger partial charge on any atom is 0.205 e. The molecule has 0 radical (unpaired) electrons. The van der Waals surface area contributed by atoms with Crippen LogP contribution in [0.2, 0.25) is 0 Å². The van der Waals surface area contributed by atoms with E-state index >= 15 is 0 Å². The van der Waals surface area contributed by atoms with Crippen molar-refractivity contribution in [2.45, 2.75) is 57.4 Å². The molecule has 0 amide bonds. The number of anilines is 1. The summed E-state index contributed by atoms with van der Waals surface area (Å²) in [7, 11) is 1.71. The first-order valence-corrected chi connectivity index (χ1v) is 10.1. The number of nitrogens with zero attached hydrogens (tertiary/aromatic N) is 6. The third-order valence-electron chi connectivity index (χ3n) is 5.18. The highest BCUT2D eigenvalue weighted by molar-refractivity contribution is 7.09. The second-order valence-corrected chi connectivity index (χ2v) is 7.69. The molecule has 2 aromatic heterocycles. The molecule has 4 rings (SSSR count). The molecule has 1 saturated heterocycles. The fourth-order valence-electron chi connectivity index (χ4n) is 3.84. The van der Waals surface area contributed by atoms with Gasteiger partial charge in [-0.3, -0.25) is 0 Å². The number of methoxy groups -OCH3 is 1. The van der Waals surface area contributed by atoms with Crippen molar-refractivity contribution in [3.05, 3.63) is 17.5 Å². The van der Waals surface area contributed by atoms with Crippen molar-refractivity contribution in [3.63, 3.8) is 0 Å². The molecule has 25 heavy (non-hydrogen) atoms. The van der Waals surface area contributed by atoms with Crippen LogP contribution in [0.4, 0.5) is 5.13 Å². The van der Waals surface area contributed by atoms with Crippen LogP contribution in [0.5, 0.6) is 0 Å². The van der Waals surface area contributed by atoms with Gasteiger partial charge in [-0.15, -0.1) is 10.2 Å². The van der Waals surface area contributed by atoms with Crippen LogP contribution in [0.1, 0.15) is 55.5 Å². The first-order valence-electron chi connectivity index (χ1n) is 9.33. The predicted molar refractivity (Wildman–Crippen MR) is 97.3 cm³/mol. The Balaban J connectivity index is 1.48. The number of aryl methyl sites for hydroxylation is 1. The van der Waals surface area contributed by atoms with E-state index in [0.717, 1.165) is 43.4 Å². The highest BCUT2D eigenvalue weighted by Gasteiger charge is 2.28. The van der Waals surface area contributed by atoms with Gasteiger partial charge in [0.25, 0.3) is 0 Å². The lowest BCUT2D eigenvalue weighted by Crippen LogP contribution is -2.35. The van der Waals surface area contributed by atoms with Crippen LogP contribution < -0.4 is 4.90 Å². The Morgan fingerprint density at radius 1 is 1.16 bits per heavy atom. The van der Waals surface area contributed by atoms with Gasteiger partial charge >= 0.3 is 0 Å². The van der Waals surface area contributed by atoms with Gasteiger partial charge in [0.15, 0.2) is 0 Å². The van der Waals surface area contributed by atoms with E-state index in [-0.39, 0.29) is 0 Å². The summed E-state index contributed by atoms with van der Waals surface area (Å²) >= 11 is 1.50. The van der Waals surface area contributed by atoms with Gasteiger partial charge in [-0.2, -0.15) is 4.37 Å². The van der Waals surface area contributed by atoms with Crippen LogP contribution in [-0.2, 0) is 24.1 Å². The molecular weight excluding hydrogens is 336 g/mol. The predicted octanol–water partition coefficient (Wildman–Crippen LogP) is 2.43. The highest BCUT2D eigenvalue weighted by atomic mass is 32.1. The van der Waals surface area contributed by atoms with Gasteiger partial charge in [-0.25, -0.2) is 4.98 Å². The van der Waals surface area contributed by atoms with Crippen LogP contribution in [-0.4, -0.2) is 50.9 Å². The molecule has 1 unspecified atom stereocenters. The fourth-order valence-corrected chi connectivity index (χ4v) is 4.59. The number of hydrogen-bond acceptors (Lipinski definition) is 7. The monoisotopic (exact) mass is 362 g/mol. The molecule has 0 bridgehead atoms. The second kappa shape index (κ2) is 7.78. The summed E-state index contributed by atoms with van der Waals surface area (Å²) in [4.78, 5) is 7.08. The minimum absolute atomic E-state index is 0.444. The molecular formula is C17H26N6OS. The molecule has 1 atom stereocenters. The fraction of sp³-hybridized carbons (Fsp3) is 0.765. The second-order valence-electron chi connectivity index (χ2n) is 6.96. The first kappa shape index (κ1) is 16.9. The van der Waals surface area contributed by atoms with Gasteiger partial charge in [0.05, 0.1) is 6.61 Å². The molecule has 0 aliphatic carbocycles. The number of piperidine rings is 1. The number of rotatable bonds is 5. The molecule has 0 saturated carbocycles. The van der Waals surface area contributed by atoms with Crippen LogP contribution in [0.15, 0.2) is 0 Å². The van der Waals surface area contributed by atoms with Gasteiger partial charge in [-0.05, 0) is 25.7 Å². The minimum Gasteiger partial charge on any atom is -0.384 e. The van der Waals surface area contributed by atoms with Crippen LogP contribution in [0.25, 0.3) is 0 Å². The topological polar surface area (TPSA) is 69.0 Å². The van der Waals surface area contributed by atoms with E-state index in [1.54, 1.807) is 7.11 Å². The van der Waals surface area contributed by atoms with Crippen LogP contribution in [0, 0.1) is 0 Å². The zero-order valence-corrected chi connectivity index (χ0v) is 15.7. The summed E-state index contributed by atoms with van der Waals surface area (Å²) in [6.07, 6.45) is 7.99. The quantitative estimate of drug-likeness (QED) is 0.814. The van der Waals surface area contributed by atoms with Gasteiger partial charge in [0, 0.05) is 57.0 Å². The van der Waals surface area contributed by atoms with E-state index in [0.29, 0.717) is 12.5 Å². The Hall–Kier alpha value is -1.54. The minimum atomic E-state index is 0.444. The first-order chi connectivity index (χ1) is 12.3. The summed E-state index contributed by atoms with van der Waals surface area (Å²) in [5, 5.41) is 10.1. The number of fused-ring (bicyclic) bond motifs is 1. The lowest BCUT2D eigenvalue weighted by Gasteiger charge is -2.31. The zero-order valence-electron chi connectivity index (χ0n) is 14.9. The molecule has 0 N–H and O–H groups in total. The van der Waals surface area contributed by atoms with E-state index in [2.05, 4.69) is 24.0 Å². The molecule has 0 aromatic carbocycles. The maximum atomic E-state index is 5.12. The standard InChI is InChI=1S/C17H26N6OS/c1-24-11-8-14-18-17(25-21-14)22-9-5-6-13(12-22)16-20-19-15-7-3-2-4-10-23(15)16/h13H,2-12H2,1H3. The van der Waals surface area contributed by atoms with Crippen LogP contribution >= 0.6 is 11.5 Å². The van der Waals surface area contributed by atoms with E-state index in [4.69, 9.17) is 9.72 Å². The van der Waals surface area contributed by atoms with E-state index < -0.39 is 0 Å². The van der Waals surface area contributed by atoms with Crippen molar-refractivity contribution < 1.29 is 4.74 Å². The largest absolute Gasteiger partial charge is 0.384 e. The third-order valence-corrected chi connectivity index (χ3v) is 6.00. The Morgan fingerprint density at radius 3 is 3.04 bits per heavy atom. The molecule has 2 aliphatic rings. The Kier molecular flexibility index (Phi) is 5.26. The van der Waals surface area contributed by atoms with E-state index in [1.807, 2.05) is 0 Å². The van der Waals surface area contributed by atoms with Crippen molar-refractivity contribution in [2.75, 3.05) is 31.7 Å². The summed E-state index contributed by atoms with van der Waals surface area (Å²) in [6.45, 7) is 3.77. The van der Waals surface area contributed by atoms with Gasteiger partial charge in [0.1, 0.15) is 17.5 Å². The molecule has 2 aromatic rings. The summed E-state index contributed by atoms with van der Waals surface area (Å²) in [5.74, 6) is 3.70. The van der Waals surface area contributed by atoms with Gasteiger partial charge in [0.2, 0.25) is 5.13 Å². The zero-order chi connectivity index (χ0) is 17.1. The Labute approximate surface area is 152 Å². The summed E-state index contributed by atoms with van der Waals surface area (Å²) in [6, 6.07) is 0. The van der Waals surface area contributed by atoms with Gasteiger partial charge in [-0.1, -0.05) is 6.42 Å². The molecule has 136 valence electrons. The van der Waals surface area contributed by atoms with Crippen molar-refractivity contribution in [1.29, 1.82) is 0 Å². The van der Waals surface area contributed by atoms with Crippen LogP contribution in [0.3, 0.4) is 0 Å². The molecule has 1 fully saturated rings. The molecule has 8 heteroatoms. The van der Waals surface area contributed by atoms with Crippen molar-refractivity contribution in [3.8, 4) is 0 Å². The SMILES string of the molecule is COCCc1nsc(N2CCCC(c3nnc4n3CCCCC4)C2)n1. The summed E-state index contributed by atoms with van der Waals surface area (Å²) in [5.41, 5.74) is 0. The third kappa shape index (κ3) is 3.69. The maximum absolute atomic E-state index is 5.12. The van der Waals surface area contributed by atoms with Crippen molar-refractivity contribution in [1.82, 2.24) is 24.1 Å². The Morgan fingerprint density at radius 2 is 2.12 bits per heavy atom. The number of hydrogen-bond donors (Lipinski definition) is 0. The average molecular weight is 363 g/mol. The highest BCUT2D eigenvalue weighted by Crippen LogP contribution is 2.31. The average Bonchev–Trinajstić information content (AvgIpc) is 3.21. The van der Waals surface area contributed by atoms with Gasteiger partial charge < -0.3 is 14.2 Å². The smallest absolute Gasteiger partial charge is 0.205 e. The lowest BCUT2D eigenvalue weighted by atomic mass is 9.97. The molecule has 2 aliphatic heterocycles.